The van der Waals surface area contributed by atoms with E-state index in [2.05, 4.69) is 29.7 Å². The van der Waals surface area contributed by atoms with Crippen LogP contribution in [0.25, 0.3) is 0 Å². The molecule has 116 valence electrons. The molecule has 0 saturated carbocycles. The number of hydrogen-bond acceptors (Lipinski definition) is 3. The zero-order valence-electron chi connectivity index (χ0n) is 13.4. The van der Waals surface area contributed by atoms with E-state index in [1.807, 2.05) is 27.7 Å². The van der Waals surface area contributed by atoms with Crippen LogP contribution >= 0.6 is 11.8 Å². The molecule has 1 aromatic carbocycles. The molecule has 21 heavy (non-hydrogen) atoms. The summed E-state index contributed by atoms with van der Waals surface area (Å²) in [5.41, 5.74) is 3.54. The highest BCUT2D eigenvalue weighted by Gasteiger charge is 2.11. The van der Waals surface area contributed by atoms with Crippen LogP contribution in [0.15, 0.2) is 17.0 Å². The zero-order chi connectivity index (χ0) is 16.0. The maximum atomic E-state index is 11.8. The normalized spacial score (nSPS) is 10.6. The smallest absolute Gasteiger partial charge is 0.321 e. The standard InChI is InChI=1S/C16H24N2O2S/c1-10(2)8-17-16(20)18-14(19)9-21-15-12(4)6-11(3)7-13(15)5/h6-7,10H,8-9H2,1-5H3,(H2,17,18,19,20). The molecule has 0 fully saturated rings. The molecule has 5 heteroatoms. The molecule has 2 N–H and O–H groups in total. The van der Waals surface area contributed by atoms with Gasteiger partial charge in [0.2, 0.25) is 5.91 Å². The second-order valence-electron chi connectivity index (χ2n) is 5.67. The molecular formula is C16H24N2O2S. The van der Waals surface area contributed by atoms with Crippen LogP contribution in [-0.2, 0) is 4.79 Å². The molecular weight excluding hydrogens is 284 g/mol. The van der Waals surface area contributed by atoms with Crippen LogP contribution in [0.1, 0.15) is 30.5 Å². The maximum Gasteiger partial charge on any atom is 0.321 e. The van der Waals surface area contributed by atoms with E-state index >= 15 is 0 Å². The minimum absolute atomic E-state index is 0.236. The van der Waals surface area contributed by atoms with E-state index < -0.39 is 6.03 Å². The van der Waals surface area contributed by atoms with Gasteiger partial charge in [0, 0.05) is 11.4 Å². The summed E-state index contributed by atoms with van der Waals surface area (Å²) >= 11 is 1.46. The largest absolute Gasteiger partial charge is 0.338 e. The molecule has 0 aromatic heterocycles. The minimum atomic E-state index is -0.424. The Kier molecular flexibility index (Phi) is 6.75. The van der Waals surface area contributed by atoms with Crippen molar-refractivity contribution >= 4 is 23.7 Å². The Labute approximate surface area is 131 Å². The van der Waals surface area contributed by atoms with Gasteiger partial charge in [-0.2, -0.15) is 0 Å². The molecule has 0 aliphatic carbocycles. The first-order valence-corrected chi connectivity index (χ1v) is 8.06. The number of amides is 3. The lowest BCUT2D eigenvalue weighted by molar-refractivity contribution is -0.117. The number of thioether (sulfide) groups is 1. The number of imide groups is 1. The van der Waals surface area contributed by atoms with Gasteiger partial charge >= 0.3 is 6.03 Å². The topological polar surface area (TPSA) is 58.2 Å². The summed E-state index contributed by atoms with van der Waals surface area (Å²) in [7, 11) is 0. The second kappa shape index (κ2) is 8.08. The van der Waals surface area contributed by atoms with Gasteiger partial charge in [0.15, 0.2) is 0 Å². The van der Waals surface area contributed by atoms with E-state index in [1.54, 1.807) is 0 Å². The molecule has 1 rings (SSSR count). The first-order valence-electron chi connectivity index (χ1n) is 7.08. The van der Waals surface area contributed by atoms with E-state index in [0.29, 0.717) is 12.5 Å². The number of carbonyl (C=O) groups is 2. The van der Waals surface area contributed by atoms with Crippen LogP contribution in [0, 0.1) is 26.7 Å². The molecule has 1 aromatic rings. The van der Waals surface area contributed by atoms with Gasteiger partial charge in [-0.1, -0.05) is 31.5 Å². The summed E-state index contributed by atoms with van der Waals surface area (Å²) in [6, 6.07) is 3.78. The molecule has 0 atom stereocenters. The number of hydrogen-bond donors (Lipinski definition) is 2. The summed E-state index contributed by atoms with van der Waals surface area (Å²) in [6.45, 7) is 10.7. The quantitative estimate of drug-likeness (QED) is 0.821. The van der Waals surface area contributed by atoms with Gasteiger partial charge in [-0.05, 0) is 37.8 Å². The van der Waals surface area contributed by atoms with Crippen LogP contribution in [0.2, 0.25) is 0 Å². The summed E-state index contributed by atoms with van der Waals surface area (Å²) in [4.78, 5) is 24.4. The molecule has 0 heterocycles. The Morgan fingerprint density at radius 1 is 1.14 bits per heavy atom. The van der Waals surface area contributed by atoms with E-state index in [4.69, 9.17) is 0 Å². The third kappa shape index (κ3) is 6.21. The third-order valence-electron chi connectivity index (χ3n) is 2.88. The molecule has 0 unspecified atom stereocenters. The first kappa shape index (κ1) is 17.6. The van der Waals surface area contributed by atoms with Crippen molar-refractivity contribution in [1.82, 2.24) is 10.6 Å². The van der Waals surface area contributed by atoms with Crippen LogP contribution in [-0.4, -0.2) is 24.2 Å². The Balaban J connectivity index is 2.48. The Morgan fingerprint density at radius 2 is 1.71 bits per heavy atom. The summed E-state index contributed by atoms with van der Waals surface area (Å²) in [5, 5.41) is 5.01. The van der Waals surface area contributed by atoms with E-state index in [1.165, 1.54) is 17.3 Å². The van der Waals surface area contributed by atoms with Gasteiger partial charge in [0.25, 0.3) is 0 Å². The minimum Gasteiger partial charge on any atom is -0.338 e. The fourth-order valence-corrected chi connectivity index (χ4v) is 2.96. The SMILES string of the molecule is Cc1cc(C)c(SCC(=O)NC(=O)NCC(C)C)c(C)c1. The van der Waals surface area contributed by atoms with Crippen molar-refractivity contribution in [3.05, 3.63) is 28.8 Å². The van der Waals surface area contributed by atoms with Crippen LogP contribution < -0.4 is 10.6 Å². The highest BCUT2D eigenvalue weighted by atomic mass is 32.2. The molecule has 0 aliphatic heterocycles. The molecule has 3 amide bonds. The van der Waals surface area contributed by atoms with Crippen molar-refractivity contribution < 1.29 is 9.59 Å². The molecule has 4 nitrogen and oxygen atoms in total. The van der Waals surface area contributed by atoms with Gasteiger partial charge in [0.05, 0.1) is 5.75 Å². The third-order valence-corrected chi connectivity index (χ3v) is 4.22. The fraction of sp³-hybridized carbons (Fsp3) is 0.500. The van der Waals surface area contributed by atoms with Crippen LogP contribution in [0.4, 0.5) is 4.79 Å². The second-order valence-corrected chi connectivity index (χ2v) is 6.65. The van der Waals surface area contributed by atoms with Gasteiger partial charge in [-0.25, -0.2) is 4.79 Å². The Morgan fingerprint density at radius 3 is 2.24 bits per heavy atom. The van der Waals surface area contributed by atoms with Crippen molar-refractivity contribution in [2.45, 2.75) is 39.5 Å². The highest BCUT2D eigenvalue weighted by molar-refractivity contribution is 8.00. The first-order chi connectivity index (χ1) is 9.79. The van der Waals surface area contributed by atoms with Gasteiger partial charge in [0.1, 0.15) is 0 Å². The lowest BCUT2D eigenvalue weighted by atomic mass is 10.1. The molecule has 0 radical (unpaired) electrons. The number of nitrogens with one attached hydrogen (secondary N) is 2. The predicted molar refractivity (Wildman–Crippen MR) is 87.8 cm³/mol. The van der Waals surface area contributed by atoms with Crippen molar-refractivity contribution in [3.63, 3.8) is 0 Å². The number of carbonyl (C=O) groups excluding carboxylic acids is 2. The van der Waals surface area contributed by atoms with Gasteiger partial charge in [-0.3, -0.25) is 10.1 Å². The molecule has 0 saturated heterocycles. The van der Waals surface area contributed by atoms with Crippen molar-refractivity contribution in [3.8, 4) is 0 Å². The lowest BCUT2D eigenvalue weighted by Crippen LogP contribution is -2.41. The monoisotopic (exact) mass is 308 g/mol. The van der Waals surface area contributed by atoms with Crippen LogP contribution in [0.3, 0.4) is 0 Å². The van der Waals surface area contributed by atoms with E-state index in [-0.39, 0.29) is 11.7 Å². The fourth-order valence-electron chi connectivity index (χ4n) is 2.04. The number of rotatable bonds is 5. The number of benzene rings is 1. The zero-order valence-corrected chi connectivity index (χ0v) is 14.2. The predicted octanol–water partition coefficient (Wildman–Crippen LogP) is 3.19. The van der Waals surface area contributed by atoms with Crippen molar-refractivity contribution in [1.29, 1.82) is 0 Å². The molecule has 0 spiro atoms. The van der Waals surface area contributed by atoms with E-state index in [9.17, 15) is 9.59 Å². The van der Waals surface area contributed by atoms with Gasteiger partial charge < -0.3 is 5.32 Å². The molecule has 0 aliphatic rings. The maximum absolute atomic E-state index is 11.8. The van der Waals surface area contributed by atoms with Crippen LogP contribution in [0.5, 0.6) is 0 Å². The Bertz CT molecular complexity index is 504. The summed E-state index contributed by atoms with van der Waals surface area (Å²) in [5.74, 6) is 0.318. The number of aryl methyl sites for hydroxylation is 3. The summed E-state index contributed by atoms with van der Waals surface area (Å²) in [6.07, 6.45) is 0. The van der Waals surface area contributed by atoms with Gasteiger partial charge in [-0.15, -0.1) is 11.8 Å². The lowest BCUT2D eigenvalue weighted by Gasteiger charge is -2.11. The number of urea groups is 1. The average Bonchev–Trinajstić information content (AvgIpc) is 2.34. The Hall–Kier alpha value is -1.49. The van der Waals surface area contributed by atoms with E-state index in [0.717, 1.165) is 16.0 Å². The van der Waals surface area contributed by atoms with Crippen molar-refractivity contribution in [2.24, 2.45) is 5.92 Å². The molecule has 0 bridgehead atoms. The van der Waals surface area contributed by atoms with Crippen molar-refractivity contribution in [2.75, 3.05) is 12.3 Å². The summed E-state index contributed by atoms with van der Waals surface area (Å²) < 4.78 is 0. The average molecular weight is 308 g/mol. The highest BCUT2D eigenvalue weighted by Crippen LogP contribution is 2.27.